The van der Waals surface area contributed by atoms with E-state index >= 15 is 0 Å². The van der Waals surface area contributed by atoms with Crippen molar-refractivity contribution in [2.24, 2.45) is 11.8 Å². The number of hydrogen-bond donors (Lipinski definition) is 3. The third-order valence-corrected chi connectivity index (χ3v) is 10.2. The van der Waals surface area contributed by atoms with Gasteiger partial charge < -0.3 is 41.5 Å². The van der Waals surface area contributed by atoms with Gasteiger partial charge in [-0.1, -0.05) is 97.1 Å². The zero-order valence-electron chi connectivity index (χ0n) is 34.1. The van der Waals surface area contributed by atoms with Crippen LogP contribution in [-0.4, -0.2) is 74.5 Å². The Labute approximate surface area is 393 Å². The SMILES string of the molecule is O=C(Cl)OCC1c2ccccc2-c2ccccc21.O=C1CCC(CO)CN1.O=C1CCC(COC(=O)OCC2c3ccccc3-c3ccccc32)CN1.O=CO[O-].[H-].[Na+].[Na+]. The first-order valence-electron chi connectivity index (χ1n) is 18.6. The van der Waals surface area contributed by atoms with E-state index < -0.39 is 11.6 Å². The molecule has 4 aromatic carbocycles. The Hall–Kier alpha value is -3.76. The Bertz CT molecular complexity index is 1920. The van der Waals surface area contributed by atoms with Crippen molar-refractivity contribution < 1.29 is 114 Å². The summed E-state index contributed by atoms with van der Waals surface area (Å²) in [7, 11) is 0. The van der Waals surface area contributed by atoms with Crippen molar-refractivity contribution in [3.05, 3.63) is 119 Å². The van der Waals surface area contributed by atoms with Gasteiger partial charge in [0, 0.05) is 61.9 Å². The zero-order valence-corrected chi connectivity index (χ0v) is 37.9. The summed E-state index contributed by atoms with van der Waals surface area (Å²) in [6, 6.07) is 32.8. The maximum Gasteiger partial charge on any atom is 1.00 e. The first-order valence-corrected chi connectivity index (χ1v) is 19.0. The molecule has 13 nitrogen and oxygen atoms in total. The first kappa shape index (κ1) is 49.6. The van der Waals surface area contributed by atoms with E-state index in [1.807, 2.05) is 48.5 Å². The summed E-state index contributed by atoms with van der Waals surface area (Å²) >= 11 is 5.25. The molecule has 0 spiro atoms. The molecule has 0 radical (unpaired) electrons. The summed E-state index contributed by atoms with van der Waals surface area (Å²) in [4.78, 5) is 55.7. The number of amides is 2. The fourth-order valence-electron chi connectivity index (χ4n) is 7.27. The number of halogens is 1. The topological polar surface area (TPSA) is 190 Å². The molecule has 4 aliphatic rings. The number of fused-ring (bicyclic) bond motifs is 6. The number of nitrogens with one attached hydrogen (secondary N) is 2. The number of rotatable bonds is 8. The van der Waals surface area contributed by atoms with Gasteiger partial charge in [0.2, 0.25) is 11.8 Å². The van der Waals surface area contributed by atoms with Gasteiger partial charge in [0.15, 0.2) is 0 Å². The van der Waals surface area contributed by atoms with Crippen LogP contribution in [0.25, 0.3) is 22.3 Å². The monoisotopic (exact) mass is 846 g/mol. The Balaban J connectivity index is 0.000000317. The minimum absolute atomic E-state index is 0. The van der Waals surface area contributed by atoms with Gasteiger partial charge in [-0.15, -0.1) is 0 Å². The minimum Gasteiger partial charge on any atom is -1.00 e. The van der Waals surface area contributed by atoms with Crippen LogP contribution in [0.2, 0.25) is 0 Å². The summed E-state index contributed by atoms with van der Waals surface area (Å²) in [6.45, 7) is 2.03. The van der Waals surface area contributed by atoms with Gasteiger partial charge in [-0.05, 0) is 63.3 Å². The van der Waals surface area contributed by atoms with Gasteiger partial charge in [0.25, 0.3) is 6.47 Å². The van der Waals surface area contributed by atoms with Crippen LogP contribution in [0, 0.1) is 11.8 Å². The standard InChI is InChI=1S/C21H21NO4.C15H11ClO2.C6H11NO2.CH2O3.2Na.H/c23-20-10-9-14(11-22-20)12-25-21(24)26-13-19-17-7-3-1-5-15(17)16-6-2-4-8-18(16)19;16-15(17)18-9-14-12-7-3-1-5-10(12)11-6-2-4-8-13(11)14;8-4-5-1-2-6(9)7-3-5;2-1-4-3;;;/h1-8,14,19H,9-13H2,(H,22,23);1-8,14H,9H2;5,8H,1-4H2,(H,7,9);1,3H;;;/q;;;;2*+1;-1/p-1. The van der Waals surface area contributed by atoms with Crippen molar-refractivity contribution >= 4 is 41.5 Å². The molecule has 2 atom stereocenters. The predicted molar refractivity (Wildman–Crippen MR) is 209 cm³/mol. The molecule has 3 N–H and O–H groups in total. The van der Waals surface area contributed by atoms with Crippen LogP contribution in [0.4, 0.5) is 9.59 Å². The van der Waals surface area contributed by atoms with Crippen LogP contribution < -0.4 is 75.0 Å². The molecule has 2 saturated heterocycles. The molecule has 2 unspecified atom stereocenters. The van der Waals surface area contributed by atoms with E-state index in [0.29, 0.717) is 31.8 Å². The zero-order chi connectivity index (χ0) is 40.6. The number of carbonyl (C=O) groups excluding carboxylic acids is 5. The summed E-state index contributed by atoms with van der Waals surface area (Å²) < 4.78 is 15.6. The van der Waals surface area contributed by atoms with Crippen LogP contribution in [0.15, 0.2) is 97.1 Å². The van der Waals surface area contributed by atoms with Crippen molar-refractivity contribution in [3.63, 3.8) is 0 Å². The Kier molecular flexibility index (Phi) is 21.7. The third-order valence-electron chi connectivity index (χ3n) is 10.1. The summed E-state index contributed by atoms with van der Waals surface area (Å²) in [5.74, 6) is 0.738. The Morgan fingerprint density at radius 1 is 0.661 bits per heavy atom. The average molecular weight is 847 g/mol. The van der Waals surface area contributed by atoms with E-state index in [-0.39, 0.29) is 123 Å². The predicted octanol–water partition coefficient (Wildman–Crippen LogP) is -0.287. The van der Waals surface area contributed by atoms with Gasteiger partial charge in [0.1, 0.15) is 13.2 Å². The van der Waals surface area contributed by atoms with E-state index in [2.05, 4.69) is 64.1 Å². The fraction of sp³-hybridized carbons (Fsp3) is 0.326. The van der Waals surface area contributed by atoms with E-state index in [9.17, 15) is 19.2 Å². The van der Waals surface area contributed by atoms with E-state index in [1.165, 1.54) is 44.5 Å². The molecule has 2 aliphatic heterocycles. The van der Waals surface area contributed by atoms with Crippen molar-refractivity contribution in [2.45, 2.75) is 37.5 Å². The molecule has 2 aliphatic carbocycles. The minimum atomic E-state index is -0.753. The summed E-state index contributed by atoms with van der Waals surface area (Å²) in [5, 5.41) is 22.5. The molecule has 8 rings (SSSR count). The number of ether oxygens (including phenoxy) is 3. The molecular formula is C43H45ClN2Na2O11. The van der Waals surface area contributed by atoms with Crippen molar-refractivity contribution in [1.82, 2.24) is 10.6 Å². The van der Waals surface area contributed by atoms with Gasteiger partial charge >= 0.3 is 70.7 Å². The van der Waals surface area contributed by atoms with E-state index in [1.54, 1.807) is 0 Å². The molecule has 0 aromatic heterocycles. The van der Waals surface area contributed by atoms with Gasteiger partial charge in [0.05, 0.1) is 6.61 Å². The molecule has 59 heavy (non-hydrogen) atoms. The van der Waals surface area contributed by atoms with E-state index in [0.717, 1.165) is 12.8 Å². The molecule has 2 fully saturated rings. The molecule has 0 saturated carbocycles. The molecule has 2 amide bonds. The van der Waals surface area contributed by atoms with Crippen molar-refractivity contribution in [1.29, 1.82) is 0 Å². The molecular weight excluding hydrogens is 802 g/mol. The Morgan fingerprint density at radius 3 is 1.36 bits per heavy atom. The normalized spacial score (nSPS) is 16.7. The van der Waals surface area contributed by atoms with Gasteiger partial charge in [-0.25, -0.2) is 9.59 Å². The Morgan fingerprint density at radius 2 is 1.02 bits per heavy atom. The number of aliphatic hydroxyl groups excluding tert-OH is 1. The second kappa shape index (κ2) is 25.8. The molecule has 2 heterocycles. The maximum absolute atomic E-state index is 12.0. The van der Waals surface area contributed by atoms with Gasteiger partial charge in [-0.3, -0.25) is 14.4 Å². The number of carbonyl (C=O) groups is 5. The smallest absolute Gasteiger partial charge is 1.00 e. The summed E-state index contributed by atoms with van der Waals surface area (Å²) in [6.07, 6.45) is 1.98. The van der Waals surface area contributed by atoms with Crippen molar-refractivity contribution in [3.8, 4) is 22.3 Å². The molecule has 302 valence electrons. The number of hydrogen-bond acceptors (Lipinski definition) is 11. The van der Waals surface area contributed by atoms with Crippen LogP contribution in [0.1, 0.15) is 61.2 Å². The van der Waals surface area contributed by atoms with Crippen molar-refractivity contribution in [2.75, 3.05) is 39.5 Å². The van der Waals surface area contributed by atoms with Crippen LogP contribution >= 0.6 is 11.6 Å². The second-order valence-electron chi connectivity index (χ2n) is 13.7. The number of benzene rings is 4. The van der Waals surface area contributed by atoms with Crippen LogP contribution in [-0.2, 0) is 33.5 Å². The van der Waals surface area contributed by atoms with E-state index in [4.69, 9.17) is 41.0 Å². The quantitative estimate of drug-likeness (QED) is 0.0528. The third kappa shape index (κ3) is 14.2. The summed E-state index contributed by atoms with van der Waals surface area (Å²) in [5.41, 5.74) is 8.80. The van der Waals surface area contributed by atoms with Crippen LogP contribution in [0.5, 0.6) is 0 Å². The number of piperidine rings is 2. The average Bonchev–Trinajstić information content (AvgIpc) is 3.75. The molecule has 0 bridgehead atoms. The van der Waals surface area contributed by atoms with Crippen LogP contribution in [0.3, 0.4) is 0 Å². The fourth-order valence-corrected chi connectivity index (χ4v) is 7.34. The molecule has 4 aromatic rings. The van der Waals surface area contributed by atoms with Gasteiger partial charge in [-0.2, -0.15) is 0 Å². The maximum atomic E-state index is 12.0. The first-order chi connectivity index (χ1) is 27.7. The largest absolute Gasteiger partial charge is 1.00 e. The number of aliphatic hydroxyl groups is 1. The second-order valence-corrected chi connectivity index (χ2v) is 14.0. The molecule has 16 heteroatoms.